The summed E-state index contributed by atoms with van der Waals surface area (Å²) in [4.78, 5) is 19.1. The van der Waals surface area contributed by atoms with E-state index in [0.29, 0.717) is 16.3 Å². The van der Waals surface area contributed by atoms with Crippen molar-refractivity contribution in [3.63, 3.8) is 0 Å². The van der Waals surface area contributed by atoms with Crippen LogP contribution in [-0.2, 0) is 14.6 Å². The van der Waals surface area contributed by atoms with Crippen molar-refractivity contribution in [3.05, 3.63) is 76.4 Å². The van der Waals surface area contributed by atoms with Gasteiger partial charge >= 0.3 is 6.09 Å². The van der Waals surface area contributed by atoms with Crippen LogP contribution in [0.5, 0.6) is 0 Å². The van der Waals surface area contributed by atoms with Crippen LogP contribution >= 0.6 is 11.6 Å². The Hall–Kier alpha value is -2.64. The Labute approximate surface area is 187 Å². The molecule has 2 bridgehead atoms. The van der Waals surface area contributed by atoms with Gasteiger partial charge in [0.05, 0.1) is 21.4 Å². The maximum absolute atomic E-state index is 13.8. The van der Waals surface area contributed by atoms with E-state index in [9.17, 15) is 13.2 Å². The molecule has 0 spiro atoms. The second kappa shape index (κ2) is 7.21. The highest BCUT2D eigenvalue weighted by Gasteiger charge is 2.58. The molecule has 8 heteroatoms. The topological polar surface area (TPSA) is 76.6 Å². The second-order valence-electron chi connectivity index (χ2n) is 8.73. The van der Waals surface area contributed by atoms with Crippen LogP contribution in [0.25, 0.3) is 5.57 Å². The second-order valence-corrected chi connectivity index (χ2v) is 11.0. The summed E-state index contributed by atoms with van der Waals surface area (Å²) >= 11 is 5.95. The first-order valence-electron chi connectivity index (χ1n) is 9.83. The average Bonchev–Trinajstić information content (AvgIpc) is 3.16. The number of rotatable bonds is 3. The Kier molecular flexibility index (Phi) is 5.02. The number of benzene rings is 1. The number of fused-ring (bicyclic) bond motifs is 2. The summed E-state index contributed by atoms with van der Waals surface area (Å²) in [6.45, 7) is 7.05. The predicted octanol–water partition coefficient (Wildman–Crippen LogP) is 4.87. The summed E-state index contributed by atoms with van der Waals surface area (Å²) in [5.74, 6) is 0. The van der Waals surface area contributed by atoms with Crippen LogP contribution in [0, 0.1) is 0 Å². The Balaban J connectivity index is 1.93. The van der Waals surface area contributed by atoms with Crippen molar-refractivity contribution in [2.24, 2.45) is 0 Å². The Morgan fingerprint density at radius 2 is 1.84 bits per heavy atom. The number of nitrogens with zero attached hydrogens (tertiary/aromatic N) is 2. The van der Waals surface area contributed by atoms with Gasteiger partial charge in [-0.15, -0.1) is 0 Å². The molecule has 2 aliphatic rings. The van der Waals surface area contributed by atoms with E-state index in [4.69, 9.17) is 16.3 Å². The molecule has 6 nitrogen and oxygen atoms in total. The number of carbonyl (C=O) groups excluding carboxylic acids is 1. The molecule has 3 heterocycles. The van der Waals surface area contributed by atoms with E-state index in [0.717, 1.165) is 0 Å². The highest BCUT2D eigenvalue weighted by atomic mass is 35.5. The number of pyridine rings is 1. The van der Waals surface area contributed by atoms with Gasteiger partial charge in [-0.1, -0.05) is 42.0 Å². The van der Waals surface area contributed by atoms with Crippen LogP contribution < -0.4 is 0 Å². The smallest absolute Gasteiger partial charge is 0.412 e. The molecular formula is C23H23ClN2O4S. The average molecular weight is 459 g/mol. The summed E-state index contributed by atoms with van der Waals surface area (Å²) in [5.41, 5.74) is -0.832. The van der Waals surface area contributed by atoms with Crippen molar-refractivity contribution in [2.45, 2.75) is 49.8 Å². The zero-order valence-electron chi connectivity index (χ0n) is 17.7. The van der Waals surface area contributed by atoms with E-state index in [2.05, 4.69) is 4.98 Å². The number of hydrogen-bond donors (Lipinski definition) is 0. The summed E-state index contributed by atoms with van der Waals surface area (Å²) in [7, 11) is -3.93. The maximum Gasteiger partial charge on any atom is 0.412 e. The van der Waals surface area contributed by atoms with Gasteiger partial charge in [0.25, 0.3) is 0 Å². The number of carbonyl (C=O) groups is 1. The first-order chi connectivity index (χ1) is 14.4. The Morgan fingerprint density at radius 1 is 1.16 bits per heavy atom. The van der Waals surface area contributed by atoms with Gasteiger partial charge in [0.15, 0.2) is 0 Å². The standard InChI is InChI=1S/C23H23ClN2O4S/c1-22(2,3)30-21(27)26-17-12-13-23(26,4)20(19(17)15-10-11-18(24)25-14-15)31(28,29)16-8-6-5-7-9-16/h5-14,17H,1-4H3. The first-order valence-corrected chi connectivity index (χ1v) is 11.7. The Morgan fingerprint density at radius 3 is 2.42 bits per heavy atom. The molecule has 0 N–H and O–H groups in total. The fourth-order valence-electron chi connectivity index (χ4n) is 4.14. The summed E-state index contributed by atoms with van der Waals surface area (Å²) in [5, 5.41) is 0.297. The molecule has 0 aliphatic carbocycles. The monoisotopic (exact) mass is 458 g/mol. The molecule has 2 aromatic rings. The molecule has 2 aliphatic heterocycles. The molecule has 31 heavy (non-hydrogen) atoms. The lowest BCUT2D eigenvalue weighted by atomic mass is 9.93. The molecule has 1 aromatic carbocycles. The third-order valence-corrected chi connectivity index (χ3v) is 7.62. The van der Waals surface area contributed by atoms with E-state index in [-0.39, 0.29) is 9.80 Å². The van der Waals surface area contributed by atoms with E-state index in [1.54, 1.807) is 76.2 Å². The fraction of sp³-hybridized carbons (Fsp3) is 0.304. The van der Waals surface area contributed by atoms with E-state index < -0.39 is 33.1 Å². The highest BCUT2D eigenvalue weighted by molar-refractivity contribution is 7.95. The number of ether oxygens (including phenoxy) is 1. The summed E-state index contributed by atoms with van der Waals surface area (Å²) in [6.07, 6.45) is 4.54. The van der Waals surface area contributed by atoms with E-state index >= 15 is 0 Å². The number of hydrogen-bond acceptors (Lipinski definition) is 5. The van der Waals surface area contributed by atoms with Gasteiger partial charge in [0.2, 0.25) is 9.84 Å². The highest BCUT2D eigenvalue weighted by Crippen LogP contribution is 2.53. The van der Waals surface area contributed by atoms with Gasteiger partial charge in [0.1, 0.15) is 10.8 Å². The van der Waals surface area contributed by atoms with Gasteiger partial charge in [-0.05, 0) is 57.5 Å². The predicted molar refractivity (Wildman–Crippen MR) is 119 cm³/mol. The molecule has 0 saturated heterocycles. The molecule has 4 rings (SSSR count). The molecule has 1 aromatic heterocycles. The minimum Gasteiger partial charge on any atom is -0.444 e. The third-order valence-electron chi connectivity index (χ3n) is 5.33. The molecular weight excluding hydrogens is 436 g/mol. The quantitative estimate of drug-likeness (QED) is 0.484. The third kappa shape index (κ3) is 3.55. The van der Waals surface area contributed by atoms with Crippen molar-refractivity contribution in [1.29, 1.82) is 0 Å². The maximum atomic E-state index is 13.8. The first kappa shape index (κ1) is 21.6. The van der Waals surface area contributed by atoms with Crippen molar-refractivity contribution in [3.8, 4) is 0 Å². The van der Waals surface area contributed by atoms with Gasteiger partial charge in [-0.25, -0.2) is 18.2 Å². The lowest BCUT2D eigenvalue weighted by Gasteiger charge is -2.34. The zero-order valence-corrected chi connectivity index (χ0v) is 19.2. The SMILES string of the molecule is CC(C)(C)OC(=O)N1C2C=CC1(C)C(S(=O)(=O)c1ccccc1)=C2c1ccc(Cl)nc1. The van der Waals surface area contributed by atoms with Gasteiger partial charge in [-0.2, -0.15) is 0 Å². The summed E-state index contributed by atoms with van der Waals surface area (Å²) < 4.78 is 33.3. The van der Waals surface area contributed by atoms with Crippen LogP contribution in [0.2, 0.25) is 5.15 Å². The number of sulfone groups is 1. The summed E-state index contributed by atoms with van der Waals surface area (Å²) in [6, 6.07) is 10.9. The van der Waals surface area contributed by atoms with Gasteiger partial charge < -0.3 is 4.74 Å². The van der Waals surface area contributed by atoms with Crippen molar-refractivity contribution >= 4 is 33.1 Å². The van der Waals surface area contributed by atoms with Gasteiger partial charge in [-0.3, -0.25) is 4.90 Å². The molecule has 0 fully saturated rings. The molecule has 2 atom stereocenters. The van der Waals surface area contributed by atoms with Crippen molar-refractivity contribution in [1.82, 2.24) is 9.88 Å². The van der Waals surface area contributed by atoms with Crippen LogP contribution in [0.1, 0.15) is 33.3 Å². The van der Waals surface area contributed by atoms with E-state index in [1.165, 1.54) is 11.1 Å². The molecule has 0 radical (unpaired) electrons. The normalized spacial score (nSPS) is 22.9. The number of halogens is 1. The number of aromatic nitrogens is 1. The zero-order chi connectivity index (χ0) is 22.6. The fourth-order valence-corrected chi connectivity index (χ4v) is 6.24. The largest absolute Gasteiger partial charge is 0.444 e. The number of amides is 1. The molecule has 2 unspecified atom stereocenters. The molecule has 162 valence electrons. The minimum atomic E-state index is -3.93. The van der Waals surface area contributed by atoms with Crippen LogP contribution in [0.3, 0.4) is 0 Å². The van der Waals surface area contributed by atoms with Crippen LogP contribution in [0.4, 0.5) is 4.79 Å². The lowest BCUT2D eigenvalue weighted by Crippen LogP contribution is -2.48. The van der Waals surface area contributed by atoms with E-state index in [1.807, 2.05) is 6.08 Å². The lowest BCUT2D eigenvalue weighted by molar-refractivity contribution is 0.0171. The molecule has 1 amide bonds. The van der Waals surface area contributed by atoms with Crippen LogP contribution in [0.15, 0.2) is 70.6 Å². The van der Waals surface area contributed by atoms with Gasteiger partial charge in [0, 0.05) is 11.8 Å². The Bertz CT molecular complexity index is 1200. The van der Waals surface area contributed by atoms with Crippen LogP contribution in [-0.4, -0.2) is 41.6 Å². The molecule has 0 saturated carbocycles. The minimum absolute atomic E-state index is 0.147. The van der Waals surface area contributed by atoms with Crippen molar-refractivity contribution in [2.75, 3.05) is 0 Å². The van der Waals surface area contributed by atoms with Crippen molar-refractivity contribution < 1.29 is 17.9 Å².